The maximum Gasteiger partial charge on any atom is 0.242 e. The van der Waals surface area contributed by atoms with E-state index >= 15 is 0 Å². The van der Waals surface area contributed by atoms with Crippen LogP contribution in [-0.4, -0.2) is 11.8 Å². The minimum atomic E-state index is -0.580. The summed E-state index contributed by atoms with van der Waals surface area (Å²) in [6.45, 7) is 1.34. The number of nitrogens with two attached hydrogens (primary N) is 1. The summed E-state index contributed by atoms with van der Waals surface area (Å²) < 4.78 is 0. The maximum atomic E-state index is 10.1. The van der Waals surface area contributed by atoms with E-state index in [4.69, 9.17) is 5.73 Å². The zero-order chi connectivity index (χ0) is 7.28. The first-order valence-corrected chi connectivity index (χ1v) is 2.36. The van der Waals surface area contributed by atoms with Crippen molar-refractivity contribution in [3.05, 3.63) is 12.3 Å². The summed E-state index contributed by atoms with van der Waals surface area (Å²) in [6, 6.07) is 0. The molecule has 0 rings (SSSR count). The van der Waals surface area contributed by atoms with Crippen molar-refractivity contribution >= 4 is 11.8 Å². The van der Waals surface area contributed by atoms with Crippen molar-refractivity contribution in [2.24, 2.45) is 5.73 Å². The van der Waals surface area contributed by atoms with Gasteiger partial charge in [0.15, 0.2) is 0 Å². The Morgan fingerprint density at radius 1 is 1.56 bits per heavy atom. The summed E-state index contributed by atoms with van der Waals surface area (Å²) in [5.74, 6) is -0.809. The van der Waals surface area contributed by atoms with Crippen LogP contribution < -0.4 is 11.1 Å². The Labute approximate surface area is 52.7 Å². The molecular weight excluding hydrogens is 120 g/mol. The first-order valence-electron chi connectivity index (χ1n) is 2.36. The minimum Gasteiger partial charge on any atom is -0.366 e. The van der Waals surface area contributed by atoms with Gasteiger partial charge in [0.05, 0.1) is 0 Å². The van der Waals surface area contributed by atoms with Crippen molar-refractivity contribution in [1.82, 2.24) is 5.32 Å². The molecule has 4 nitrogen and oxygen atoms in total. The standard InChI is InChI=1S/C5H8N2O2/c1-4(8)7-3-2-5(6)9/h2-3H,1H3,(H2,6,9)(H,7,8). The third-order valence-corrected chi connectivity index (χ3v) is 0.534. The van der Waals surface area contributed by atoms with Crippen molar-refractivity contribution in [1.29, 1.82) is 0 Å². The minimum absolute atomic E-state index is 0.229. The quantitative estimate of drug-likeness (QED) is 0.474. The van der Waals surface area contributed by atoms with Crippen LogP contribution in [0.2, 0.25) is 0 Å². The van der Waals surface area contributed by atoms with Crippen LogP contribution in [0.3, 0.4) is 0 Å². The largest absolute Gasteiger partial charge is 0.366 e. The summed E-state index contributed by atoms with van der Waals surface area (Å²) in [4.78, 5) is 20.1. The third-order valence-electron chi connectivity index (χ3n) is 0.534. The average Bonchev–Trinajstić information content (AvgIpc) is 1.63. The van der Waals surface area contributed by atoms with Crippen LogP contribution >= 0.6 is 0 Å². The van der Waals surface area contributed by atoms with Crippen LogP contribution in [0, 0.1) is 0 Å². The van der Waals surface area contributed by atoms with Crippen LogP contribution in [0.4, 0.5) is 0 Å². The third kappa shape index (κ3) is 6.68. The molecule has 0 aromatic rings. The highest BCUT2D eigenvalue weighted by Gasteiger charge is 1.83. The van der Waals surface area contributed by atoms with Gasteiger partial charge in [-0.25, -0.2) is 0 Å². The lowest BCUT2D eigenvalue weighted by molar-refractivity contribution is -0.118. The number of hydrogen-bond donors (Lipinski definition) is 2. The SMILES string of the molecule is CC(=O)NC=CC(N)=O. The predicted molar refractivity (Wildman–Crippen MR) is 32.2 cm³/mol. The lowest BCUT2D eigenvalue weighted by Gasteiger charge is -1.86. The Hall–Kier alpha value is -1.32. The molecule has 0 fully saturated rings. The van der Waals surface area contributed by atoms with Crippen molar-refractivity contribution in [2.45, 2.75) is 6.92 Å². The summed E-state index contributed by atoms with van der Waals surface area (Å²) in [5, 5.41) is 2.26. The van der Waals surface area contributed by atoms with E-state index in [1.54, 1.807) is 0 Å². The van der Waals surface area contributed by atoms with Crippen molar-refractivity contribution in [3.63, 3.8) is 0 Å². The summed E-state index contributed by atoms with van der Waals surface area (Å²) in [6.07, 6.45) is 2.27. The molecule has 0 aliphatic heterocycles. The summed E-state index contributed by atoms with van der Waals surface area (Å²) in [7, 11) is 0. The van der Waals surface area contributed by atoms with Gasteiger partial charge in [-0.05, 0) is 0 Å². The molecule has 0 aliphatic rings. The van der Waals surface area contributed by atoms with E-state index in [1.807, 2.05) is 0 Å². The molecule has 3 N–H and O–H groups in total. The van der Waals surface area contributed by atoms with E-state index < -0.39 is 5.91 Å². The Balaban J connectivity index is 3.48. The van der Waals surface area contributed by atoms with Gasteiger partial charge in [0.2, 0.25) is 11.8 Å². The zero-order valence-electron chi connectivity index (χ0n) is 5.05. The molecule has 9 heavy (non-hydrogen) atoms. The van der Waals surface area contributed by atoms with Gasteiger partial charge in [-0.3, -0.25) is 9.59 Å². The van der Waals surface area contributed by atoms with E-state index in [2.05, 4.69) is 5.32 Å². The van der Waals surface area contributed by atoms with Crippen molar-refractivity contribution in [3.8, 4) is 0 Å². The number of amides is 2. The van der Waals surface area contributed by atoms with Crippen molar-refractivity contribution < 1.29 is 9.59 Å². The van der Waals surface area contributed by atoms with E-state index in [0.717, 1.165) is 6.08 Å². The topological polar surface area (TPSA) is 72.2 Å². The molecule has 0 bridgehead atoms. The summed E-state index contributed by atoms with van der Waals surface area (Å²) in [5.41, 5.74) is 4.70. The zero-order valence-corrected chi connectivity index (χ0v) is 5.05. The molecule has 2 amide bonds. The molecule has 0 aliphatic carbocycles. The number of nitrogens with one attached hydrogen (secondary N) is 1. The van der Waals surface area contributed by atoms with Crippen LogP contribution in [0.1, 0.15) is 6.92 Å². The molecular formula is C5H8N2O2. The Bertz CT molecular complexity index is 151. The Morgan fingerprint density at radius 2 is 2.11 bits per heavy atom. The molecule has 0 aromatic heterocycles. The highest BCUT2D eigenvalue weighted by molar-refractivity contribution is 5.86. The molecule has 0 saturated heterocycles. The number of rotatable bonds is 2. The fourth-order valence-electron chi connectivity index (χ4n) is 0.241. The van der Waals surface area contributed by atoms with Crippen LogP contribution in [0.25, 0.3) is 0 Å². The fourth-order valence-corrected chi connectivity index (χ4v) is 0.241. The second-order valence-corrected chi connectivity index (χ2v) is 1.44. The van der Waals surface area contributed by atoms with Crippen LogP contribution in [-0.2, 0) is 9.59 Å². The number of carbonyl (C=O) groups excluding carboxylic acids is 2. The van der Waals surface area contributed by atoms with Crippen LogP contribution in [0.5, 0.6) is 0 Å². The van der Waals surface area contributed by atoms with Gasteiger partial charge in [0.1, 0.15) is 0 Å². The first-order chi connectivity index (χ1) is 4.13. The molecule has 50 valence electrons. The van der Waals surface area contributed by atoms with Gasteiger partial charge in [-0.2, -0.15) is 0 Å². The number of primary amides is 1. The normalized spacial score (nSPS) is 9.44. The Kier molecular flexibility index (Phi) is 3.12. The van der Waals surface area contributed by atoms with Gasteiger partial charge in [-0.1, -0.05) is 0 Å². The first kappa shape index (κ1) is 7.68. The Morgan fingerprint density at radius 3 is 2.44 bits per heavy atom. The van der Waals surface area contributed by atoms with Gasteiger partial charge < -0.3 is 11.1 Å². The summed E-state index contributed by atoms with van der Waals surface area (Å²) >= 11 is 0. The lowest BCUT2D eigenvalue weighted by Crippen LogP contribution is -2.14. The lowest BCUT2D eigenvalue weighted by atomic mass is 10.6. The number of hydrogen-bond acceptors (Lipinski definition) is 2. The highest BCUT2D eigenvalue weighted by Crippen LogP contribution is 1.64. The molecule has 0 saturated carbocycles. The van der Waals surface area contributed by atoms with Gasteiger partial charge in [-0.15, -0.1) is 0 Å². The fraction of sp³-hybridized carbons (Fsp3) is 0.200. The van der Waals surface area contributed by atoms with Gasteiger partial charge >= 0.3 is 0 Å². The second-order valence-electron chi connectivity index (χ2n) is 1.44. The molecule has 0 atom stereocenters. The average molecular weight is 128 g/mol. The number of carbonyl (C=O) groups is 2. The predicted octanol–water partition coefficient (Wildman–Crippen LogP) is -0.878. The molecule has 0 spiro atoms. The van der Waals surface area contributed by atoms with Crippen LogP contribution in [0.15, 0.2) is 12.3 Å². The molecule has 0 aromatic carbocycles. The molecule has 4 heteroatoms. The van der Waals surface area contributed by atoms with E-state index in [1.165, 1.54) is 13.1 Å². The molecule has 0 unspecified atom stereocenters. The van der Waals surface area contributed by atoms with Gasteiger partial charge in [0.25, 0.3) is 0 Å². The van der Waals surface area contributed by atoms with E-state index in [-0.39, 0.29) is 5.91 Å². The van der Waals surface area contributed by atoms with E-state index in [9.17, 15) is 9.59 Å². The monoisotopic (exact) mass is 128 g/mol. The van der Waals surface area contributed by atoms with E-state index in [0.29, 0.717) is 0 Å². The highest BCUT2D eigenvalue weighted by atomic mass is 16.1. The maximum absolute atomic E-state index is 10.1. The smallest absolute Gasteiger partial charge is 0.242 e. The van der Waals surface area contributed by atoms with Crippen molar-refractivity contribution in [2.75, 3.05) is 0 Å². The second kappa shape index (κ2) is 3.65. The molecule has 0 heterocycles. The molecule has 0 radical (unpaired) electrons. The van der Waals surface area contributed by atoms with Gasteiger partial charge in [0, 0.05) is 19.2 Å².